The fourth-order valence-electron chi connectivity index (χ4n) is 3.04. The minimum Gasteiger partial charge on any atom is -0.465 e. The molecule has 0 saturated heterocycles. The van der Waals surface area contributed by atoms with Crippen LogP contribution < -0.4 is 5.32 Å². The molecule has 3 rings (SSSR count). The molecule has 2 aromatic carbocycles. The van der Waals surface area contributed by atoms with Gasteiger partial charge in [-0.25, -0.2) is 4.79 Å². The molecule has 0 aliphatic carbocycles. The number of fused-ring (bicyclic) bond motifs is 1. The van der Waals surface area contributed by atoms with E-state index >= 15 is 0 Å². The predicted octanol–water partition coefficient (Wildman–Crippen LogP) is 4.11. The minimum atomic E-state index is -0.484. The van der Waals surface area contributed by atoms with Gasteiger partial charge in [0.15, 0.2) is 0 Å². The molecule has 134 valence electrons. The van der Waals surface area contributed by atoms with Gasteiger partial charge in [-0.15, -0.1) is 0 Å². The zero-order valence-corrected chi connectivity index (χ0v) is 15.6. The second-order valence-electron chi connectivity index (χ2n) is 6.05. The Balaban J connectivity index is 1.87. The van der Waals surface area contributed by atoms with E-state index in [9.17, 15) is 9.59 Å². The average Bonchev–Trinajstić information content (AvgIpc) is 2.88. The average molecular weight is 371 g/mol. The van der Waals surface area contributed by atoms with Gasteiger partial charge < -0.3 is 14.6 Å². The van der Waals surface area contributed by atoms with Crippen LogP contribution in [0.25, 0.3) is 10.9 Å². The molecule has 0 bridgehead atoms. The number of carbonyl (C=O) groups excluding carboxylic acids is 2. The standard InChI is InChI=1S/C20H19ClN2O3/c1-12-15(14-6-4-5-7-18(14)23(12)2)11-19(24)22-17-10-13(20(25)26-3)8-9-16(17)21/h4-10H,11H2,1-3H3,(H,22,24). The van der Waals surface area contributed by atoms with E-state index in [2.05, 4.69) is 9.88 Å². The first-order valence-electron chi connectivity index (χ1n) is 8.13. The Morgan fingerprint density at radius 3 is 2.65 bits per heavy atom. The van der Waals surface area contributed by atoms with Gasteiger partial charge in [0.2, 0.25) is 5.91 Å². The van der Waals surface area contributed by atoms with Crippen molar-refractivity contribution in [1.82, 2.24) is 4.57 Å². The lowest BCUT2D eigenvalue weighted by Gasteiger charge is -2.09. The summed E-state index contributed by atoms with van der Waals surface area (Å²) in [5.41, 5.74) is 3.81. The summed E-state index contributed by atoms with van der Waals surface area (Å²) in [4.78, 5) is 24.3. The lowest BCUT2D eigenvalue weighted by molar-refractivity contribution is -0.115. The molecule has 0 saturated carbocycles. The molecule has 0 atom stereocenters. The highest BCUT2D eigenvalue weighted by Gasteiger charge is 2.16. The first-order valence-corrected chi connectivity index (χ1v) is 8.50. The Hall–Kier alpha value is -2.79. The molecule has 0 aliphatic rings. The molecule has 0 fully saturated rings. The molecule has 1 aromatic heterocycles. The van der Waals surface area contributed by atoms with Crippen molar-refractivity contribution in [2.24, 2.45) is 7.05 Å². The third kappa shape index (κ3) is 3.30. The quantitative estimate of drug-likeness (QED) is 0.703. The molecule has 6 heteroatoms. The van der Waals surface area contributed by atoms with Crippen molar-refractivity contribution in [2.45, 2.75) is 13.3 Å². The van der Waals surface area contributed by atoms with Crippen molar-refractivity contribution < 1.29 is 14.3 Å². The summed E-state index contributed by atoms with van der Waals surface area (Å²) in [7, 11) is 3.29. The van der Waals surface area contributed by atoms with Crippen LogP contribution in [0, 0.1) is 6.92 Å². The van der Waals surface area contributed by atoms with Crippen LogP contribution in [0.3, 0.4) is 0 Å². The van der Waals surface area contributed by atoms with Crippen LogP contribution in [-0.2, 0) is 23.0 Å². The molecule has 5 nitrogen and oxygen atoms in total. The molecule has 3 aromatic rings. The van der Waals surface area contributed by atoms with Crippen LogP contribution in [0.4, 0.5) is 5.69 Å². The van der Waals surface area contributed by atoms with Crippen LogP contribution in [0.15, 0.2) is 42.5 Å². The predicted molar refractivity (Wildman–Crippen MR) is 103 cm³/mol. The van der Waals surface area contributed by atoms with Crippen molar-refractivity contribution in [3.63, 3.8) is 0 Å². The topological polar surface area (TPSA) is 60.3 Å². The number of carbonyl (C=O) groups is 2. The number of aromatic nitrogens is 1. The lowest BCUT2D eigenvalue weighted by Crippen LogP contribution is -2.16. The van der Waals surface area contributed by atoms with Crippen LogP contribution in [0.1, 0.15) is 21.6 Å². The van der Waals surface area contributed by atoms with Gasteiger partial charge in [0.25, 0.3) is 0 Å². The van der Waals surface area contributed by atoms with Crippen LogP contribution in [0.5, 0.6) is 0 Å². The maximum Gasteiger partial charge on any atom is 0.337 e. The van der Waals surface area contributed by atoms with E-state index in [4.69, 9.17) is 16.3 Å². The van der Waals surface area contributed by atoms with Crippen LogP contribution in [-0.4, -0.2) is 23.6 Å². The van der Waals surface area contributed by atoms with Crippen molar-refractivity contribution in [3.8, 4) is 0 Å². The van der Waals surface area contributed by atoms with Crippen LogP contribution in [0.2, 0.25) is 5.02 Å². The summed E-state index contributed by atoms with van der Waals surface area (Å²) < 4.78 is 6.77. The number of hydrogen-bond donors (Lipinski definition) is 1. The maximum atomic E-state index is 12.6. The maximum absolute atomic E-state index is 12.6. The highest BCUT2D eigenvalue weighted by atomic mass is 35.5. The molecular formula is C20H19ClN2O3. The number of anilines is 1. The Morgan fingerprint density at radius 2 is 1.92 bits per heavy atom. The number of benzene rings is 2. The summed E-state index contributed by atoms with van der Waals surface area (Å²) in [5.74, 6) is -0.685. The fraction of sp³-hybridized carbons (Fsp3) is 0.200. The van der Waals surface area contributed by atoms with E-state index in [0.717, 1.165) is 22.2 Å². The third-order valence-electron chi connectivity index (χ3n) is 4.53. The number of methoxy groups -OCH3 is 1. The molecular weight excluding hydrogens is 352 g/mol. The lowest BCUT2D eigenvalue weighted by atomic mass is 10.1. The van der Waals surface area contributed by atoms with Gasteiger partial charge in [-0.1, -0.05) is 29.8 Å². The van der Waals surface area contributed by atoms with Gasteiger partial charge in [-0.05, 0) is 36.8 Å². The first-order chi connectivity index (χ1) is 12.4. The number of hydrogen-bond acceptors (Lipinski definition) is 3. The number of halogens is 1. The number of nitrogens with one attached hydrogen (secondary N) is 1. The molecule has 0 spiro atoms. The van der Waals surface area contributed by atoms with Gasteiger partial charge in [0.1, 0.15) is 0 Å². The Morgan fingerprint density at radius 1 is 1.19 bits per heavy atom. The van der Waals surface area contributed by atoms with Crippen molar-refractivity contribution in [1.29, 1.82) is 0 Å². The number of ether oxygens (including phenoxy) is 1. The molecule has 1 amide bonds. The van der Waals surface area contributed by atoms with Crippen LogP contribution >= 0.6 is 11.6 Å². The highest BCUT2D eigenvalue weighted by molar-refractivity contribution is 6.33. The van der Waals surface area contributed by atoms with E-state index in [-0.39, 0.29) is 12.3 Å². The Bertz CT molecular complexity index is 1010. The Labute approximate surface area is 156 Å². The molecule has 26 heavy (non-hydrogen) atoms. The summed E-state index contributed by atoms with van der Waals surface area (Å²) in [6, 6.07) is 12.6. The zero-order chi connectivity index (χ0) is 18.8. The van der Waals surface area contributed by atoms with Crippen molar-refractivity contribution in [2.75, 3.05) is 12.4 Å². The summed E-state index contributed by atoms with van der Waals surface area (Å²) >= 11 is 6.15. The number of para-hydroxylation sites is 1. The SMILES string of the molecule is COC(=O)c1ccc(Cl)c(NC(=O)Cc2c(C)n(C)c3ccccc23)c1. The summed E-state index contributed by atoms with van der Waals surface area (Å²) in [5, 5.41) is 4.21. The molecule has 1 N–H and O–H groups in total. The van der Waals surface area contributed by atoms with Gasteiger partial charge in [-0.2, -0.15) is 0 Å². The highest BCUT2D eigenvalue weighted by Crippen LogP contribution is 2.27. The van der Waals surface area contributed by atoms with Gasteiger partial charge in [0.05, 0.1) is 29.8 Å². The largest absolute Gasteiger partial charge is 0.465 e. The molecule has 0 aliphatic heterocycles. The van der Waals surface area contributed by atoms with E-state index in [1.165, 1.54) is 13.2 Å². The second-order valence-corrected chi connectivity index (χ2v) is 6.46. The van der Waals surface area contributed by atoms with E-state index in [1.807, 2.05) is 38.2 Å². The Kier molecular flexibility index (Phi) is 5.00. The molecule has 0 unspecified atom stereocenters. The molecule has 0 radical (unpaired) electrons. The number of aryl methyl sites for hydroxylation is 1. The number of nitrogens with zero attached hydrogens (tertiary/aromatic N) is 1. The van der Waals surface area contributed by atoms with Crippen molar-refractivity contribution >= 4 is 40.1 Å². The number of amides is 1. The molecule has 1 heterocycles. The van der Waals surface area contributed by atoms with Gasteiger partial charge in [0, 0.05) is 23.6 Å². The van der Waals surface area contributed by atoms with Gasteiger partial charge in [-0.3, -0.25) is 4.79 Å². The van der Waals surface area contributed by atoms with Gasteiger partial charge >= 0.3 is 5.97 Å². The number of rotatable bonds is 4. The fourth-order valence-corrected chi connectivity index (χ4v) is 3.21. The minimum absolute atomic E-state index is 0.201. The van der Waals surface area contributed by atoms with E-state index < -0.39 is 5.97 Å². The van der Waals surface area contributed by atoms with E-state index in [0.29, 0.717) is 16.3 Å². The van der Waals surface area contributed by atoms with Crippen molar-refractivity contribution in [3.05, 3.63) is 64.3 Å². The second kappa shape index (κ2) is 7.22. The van der Waals surface area contributed by atoms with E-state index in [1.54, 1.807) is 12.1 Å². The normalized spacial score (nSPS) is 10.8. The zero-order valence-electron chi connectivity index (χ0n) is 14.8. The summed E-state index contributed by atoms with van der Waals surface area (Å²) in [6.07, 6.45) is 0.214. The smallest absolute Gasteiger partial charge is 0.337 e. The third-order valence-corrected chi connectivity index (χ3v) is 4.86. The monoisotopic (exact) mass is 370 g/mol. The summed E-state index contributed by atoms with van der Waals surface area (Å²) in [6.45, 7) is 1.99. The first kappa shape index (κ1) is 18.0. The number of esters is 1.